The van der Waals surface area contributed by atoms with Crippen LogP contribution >= 0.6 is 22.9 Å². The Morgan fingerprint density at radius 3 is 3.14 bits per heavy atom. The smallest absolute Gasteiger partial charge is 0.288 e. The van der Waals surface area contributed by atoms with Gasteiger partial charge in [-0.15, -0.1) is 11.3 Å². The maximum Gasteiger partial charge on any atom is 0.288 e. The van der Waals surface area contributed by atoms with E-state index in [1.54, 1.807) is 17.9 Å². The van der Waals surface area contributed by atoms with Crippen molar-refractivity contribution >= 4 is 22.9 Å². The first-order chi connectivity index (χ1) is 6.77. The highest BCUT2D eigenvalue weighted by Crippen LogP contribution is 2.06. The molecule has 0 atom stereocenters. The Morgan fingerprint density at radius 1 is 1.57 bits per heavy atom. The SMILES string of the molecule is O=c1c(Cl)nccn1Cc1cncs1. The van der Waals surface area contributed by atoms with Crippen molar-refractivity contribution in [3.63, 3.8) is 0 Å². The second-order valence-corrected chi connectivity index (χ2v) is 3.95. The van der Waals surface area contributed by atoms with E-state index in [-0.39, 0.29) is 10.7 Å². The fraction of sp³-hybridized carbons (Fsp3) is 0.125. The van der Waals surface area contributed by atoms with E-state index in [0.29, 0.717) is 6.54 Å². The van der Waals surface area contributed by atoms with E-state index >= 15 is 0 Å². The summed E-state index contributed by atoms with van der Waals surface area (Å²) in [5, 5.41) is -0.00276. The highest BCUT2D eigenvalue weighted by molar-refractivity contribution is 7.09. The van der Waals surface area contributed by atoms with Gasteiger partial charge in [0, 0.05) is 23.5 Å². The molecular weight excluding hydrogens is 222 g/mol. The van der Waals surface area contributed by atoms with Crippen LogP contribution in [0.1, 0.15) is 4.88 Å². The fourth-order valence-electron chi connectivity index (χ4n) is 1.03. The van der Waals surface area contributed by atoms with E-state index in [1.165, 1.54) is 22.1 Å². The summed E-state index contributed by atoms with van der Waals surface area (Å²) in [6, 6.07) is 0. The molecule has 0 spiro atoms. The molecule has 14 heavy (non-hydrogen) atoms. The highest BCUT2D eigenvalue weighted by atomic mass is 35.5. The van der Waals surface area contributed by atoms with Crippen LogP contribution in [0, 0.1) is 0 Å². The number of nitrogens with zero attached hydrogens (tertiary/aromatic N) is 3. The van der Waals surface area contributed by atoms with E-state index in [2.05, 4.69) is 9.97 Å². The maximum absolute atomic E-state index is 11.4. The minimum Gasteiger partial charge on any atom is -0.306 e. The van der Waals surface area contributed by atoms with Gasteiger partial charge in [0.2, 0.25) is 0 Å². The number of hydrogen-bond donors (Lipinski definition) is 0. The predicted molar refractivity (Wildman–Crippen MR) is 54.7 cm³/mol. The molecule has 4 nitrogen and oxygen atoms in total. The molecule has 0 aliphatic heterocycles. The monoisotopic (exact) mass is 227 g/mol. The number of thiazole rings is 1. The van der Waals surface area contributed by atoms with Crippen molar-refractivity contribution in [2.45, 2.75) is 6.54 Å². The first-order valence-electron chi connectivity index (χ1n) is 3.85. The van der Waals surface area contributed by atoms with E-state index in [1.807, 2.05) is 0 Å². The van der Waals surface area contributed by atoms with Crippen molar-refractivity contribution in [1.29, 1.82) is 0 Å². The van der Waals surface area contributed by atoms with Crippen molar-refractivity contribution in [2.75, 3.05) is 0 Å². The van der Waals surface area contributed by atoms with Gasteiger partial charge in [-0.25, -0.2) is 4.98 Å². The standard InChI is InChI=1S/C8H6ClN3OS/c9-7-8(13)12(2-1-11-7)4-6-3-10-5-14-6/h1-3,5H,4H2. The largest absolute Gasteiger partial charge is 0.306 e. The molecule has 2 rings (SSSR count). The van der Waals surface area contributed by atoms with Crippen LogP contribution in [0.15, 0.2) is 28.9 Å². The van der Waals surface area contributed by atoms with Crippen LogP contribution in [-0.2, 0) is 6.54 Å². The van der Waals surface area contributed by atoms with E-state index in [9.17, 15) is 4.79 Å². The van der Waals surface area contributed by atoms with Gasteiger partial charge in [0.25, 0.3) is 5.56 Å². The summed E-state index contributed by atoms with van der Waals surface area (Å²) in [7, 11) is 0. The van der Waals surface area contributed by atoms with Gasteiger partial charge >= 0.3 is 0 Å². The first-order valence-corrected chi connectivity index (χ1v) is 5.11. The molecular formula is C8H6ClN3OS. The number of hydrogen-bond acceptors (Lipinski definition) is 4. The van der Waals surface area contributed by atoms with E-state index in [4.69, 9.17) is 11.6 Å². The third kappa shape index (κ3) is 1.83. The average molecular weight is 228 g/mol. The Morgan fingerprint density at radius 2 is 2.43 bits per heavy atom. The highest BCUT2D eigenvalue weighted by Gasteiger charge is 2.02. The molecule has 0 amide bonds. The zero-order valence-electron chi connectivity index (χ0n) is 7.05. The van der Waals surface area contributed by atoms with Crippen LogP contribution < -0.4 is 5.56 Å². The fourth-order valence-corrected chi connectivity index (χ4v) is 1.79. The van der Waals surface area contributed by atoms with Crippen LogP contribution in [0.2, 0.25) is 5.15 Å². The van der Waals surface area contributed by atoms with Crippen molar-refractivity contribution in [1.82, 2.24) is 14.5 Å². The molecule has 0 radical (unpaired) electrons. The Kier molecular flexibility index (Phi) is 2.60. The van der Waals surface area contributed by atoms with Gasteiger partial charge in [0.05, 0.1) is 12.1 Å². The molecule has 0 aliphatic carbocycles. The second-order valence-electron chi connectivity index (χ2n) is 2.62. The minimum atomic E-state index is -0.275. The zero-order chi connectivity index (χ0) is 9.97. The Balaban J connectivity index is 2.34. The molecule has 0 unspecified atom stereocenters. The first kappa shape index (κ1) is 9.36. The lowest BCUT2D eigenvalue weighted by Crippen LogP contribution is -2.20. The zero-order valence-corrected chi connectivity index (χ0v) is 8.63. The average Bonchev–Trinajstić information content (AvgIpc) is 2.66. The molecule has 0 N–H and O–H groups in total. The molecule has 0 saturated carbocycles. The van der Waals surface area contributed by atoms with Gasteiger partial charge in [0.1, 0.15) is 0 Å². The summed E-state index contributed by atoms with van der Waals surface area (Å²) in [4.78, 5) is 20.1. The van der Waals surface area contributed by atoms with Crippen molar-refractivity contribution in [3.8, 4) is 0 Å². The number of aromatic nitrogens is 3. The Hall–Kier alpha value is -1.20. The molecule has 72 valence electrons. The van der Waals surface area contributed by atoms with Gasteiger partial charge in [0.15, 0.2) is 5.15 Å². The molecule has 0 bridgehead atoms. The predicted octanol–water partition coefficient (Wildman–Crippen LogP) is 1.40. The molecule has 2 aromatic rings. The van der Waals surface area contributed by atoms with E-state index in [0.717, 1.165) is 4.88 Å². The Bertz CT molecular complexity index is 480. The van der Waals surface area contributed by atoms with Crippen LogP contribution in [-0.4, -0.2) is 14.5 Å². The number of halogens is 1. The van der Waals surface area contributed by atoms with Gasteiger partial charge in [-0.05, 0) is 0 Å². The van der Waals surface area contributed by atoms with Crippen LogP contribution in [0.25, 0.3) is 0 Å². The molecule has 0 aliphatic rings. The van der Waals surface area contributed by atoms with Crippen molar-refractivity contribution < 1.29 is 0 Å². The minimum absolute atomic E-state index is 0.00276. The maximum atomic E-state index is 11.4. The molecule has 6 heteroatoms. The lowest BCUT2D eigenvalue weighted by Gasteiger charge is -2.01. The molecule has 2 aromatic heterocycles. The molecule has 0 aromatic carbocycles. The van der Waals surface area contributed by atoms with Gasteiger partial charge in [-0.1, -0.05) is 11.6 Å². The normalized spacial score (nSPS) is 10.4. The van der Waals surface area contributed by atoms with Gasteiger partial charge in [-0.3, -0.25) is 9.78 Å². The van der Waals surface area contributed by atoms with Crippen molar-refractivity contribution in [3.05, 3.63) is 44.5 Å². The van der Waals surface area contributed by atoms with Crippen LogP contribution in [0.4, 0.5) is 0 Å². The summed E-state index contributed by atoms with van der Waals surface area (Å²) in [6.45, 7) is 0.492. The van der Waals surface area contributed by atoms with Crippen LogP contribution in [0.5, 0.6) is 0 Å². The lowest BCUT2D eigenvalue weighted by atomic mass is 10.5. The summed E-state index contributed by atoms with van der Waals surface area (Å²) >= 11 is 7.10. The summed E-state index contributed by atoms with van der Waals surface area (Å²) in [5.41, 5.74) is 1.45. The molecule has 2 heterocycles. The van der Waals surface area contributed by atoms with Gasteiger partial charge < -0.3 is 4.57 Å². The van der Waals surface area contributed by atoms with Crippen molar-refractivity contribution in [2.24, 2.45) is 0 Å². The summed E-state index contributed by atoms with van der Waals surface area (Å²) in [5.74, 6) is 0. The van der Waals surface area contributed by atoms with Crippen LogP contribution in [0.3, 0.4) is 0 Å². The molecule has 0 fully saturated rings. The quantitative estimate of drug-likeness (QED) is 0.779. The third-order valence-electron chi connectivity index (χ3n) is 1.68. The van der Waals surface area contributed by atoms with Gasteiger partial charge in [-0.2, -0.15) is 0 Å². The second kappa shape index (κ2) is 3.89. The molecule has 0 saturated heterocycles. The summed E-state index contributed by atoms with van der Waals surface area (Å²) in [6.07, 6.45) is 4.84. The topological polar surface area (TPSA) is 47.8 Å². The summed E-state index contributed by atoms with van der Waals surface area (Å²) < 4.78 is 1.50. The van der Waals surface area contributed by atoms with E-state index < -0.39 is 0 Å². The number of rotatable bonds is 2. The Labute approximate surface area is 88.8 Å². The third-order valence-corrected chi connectivity index (χ3v) is 2.71. The lowest BCUT2D eigenvalue weighted by molar-refractivity contribution is 0.757.